The zero-order valence-corrected chi connectivity index (χ0v) is 8.53. The molecule has 3 N–H and O–H groups in total. The summed E-state index contributed by atoms with van der Waals surface area (Å²) >= 11 is 0. The van der Waals surface area contributed by atoms with Crippen molar-refractivity contribution in [1.29, 1.82) is 0 Å². The van der Waals surface area contributed by atoms with Crippen LogP contribution in [0.15, 0.2) is 17.3 Å². The van der Waals surface area contributed by atoms with E-state index in [1.807, 2.05) is 12.2 Å². The van der Waals surface area contributed by atoms with Crippen LogP contribution in [0, 0.1) is 0 Å². The number of aromatic nitrogens is 1. The Balaban J connectivity index is 2.19. The number of nitrogens with zero attached hydrogens (tertiary/aromatic N) is 1. The molecule has 3 rings (SSSR count). The summed E-state index contributed by atoms with van der Waals surface area (Å²) in [7, 11) is 0. The molecule has 0 bridgehead atoms. The van der Waals surface area contributed by atoms with Gasteiger partial charge in [0.05, 0.1) is 18.3 Å². The number of aromatic carboxylic acids is 1. The highest BCUT2D eigenvalue weighted by Gasteiger charge is 2.30. The summed E-state index contributed by atoms with van der Waals surface area (Å²) in [5.74, 6) is -0.902. The number of H-pyrrole nitrogens is 1. The van der Waals surface area contributed by atoms with Crippen LogP contribution in [0.2, 0.25) is 0 Å². The Labute approximate surface area is 91.9 Å². The standard InChI is InChI=1S/C11H11N3O2/c15-11(16)6-4-12-7-2-1-3-8-10(9(6)7)14-5-13-8/h1-2,4,10,12,14H,3,5H2,(H,15,16). The van der Waals surface area contributed by atoms with Gasteiger partial charge in [0.1, 0.15) is 0 Å². The minimum Gasteiger partial charge on any atom is -0.478 e. The first-order valence-electron chi connectivity index (χ1n) is 5.15. The third-order valence-electron chi connectivity index (χ3n) is 2.99. The first kappa shape index (κ1) is 9.35. The van der Waals surface area contributed by atoms with Crippen molar-refractivity contribution in [2.45, 2.75) is 12.5 Å². The fourth-order valence-corrected chi connectivity index (χ4v) is 2.27. The number of carbonyl (C=O) groups is 1. The van der Waals surface area contributed by atoms with Gasteiger partial charge in [0.15, 0.2) is 0 Å². The monoisotopic (exact) mass is 217 g/mol. The number of aromatic amines is 1. The highest BCUT2D eigenvalue weighted by molar-refractivity contribution is 6.00. The topological polar surface area (TPSA) is 77.5 Å². The molecule has 0 saturated carbocycles. The minimum atomic E-state index is -0.902. The molecule has 16 heavy (non-hydrogen) atoms. The second-order valence-electron chi connectivity index (χ2n) is 3.89. The van der Waals surface area contributed by atoms with E-state index in [1.54, 1.807) is 6.20 Å². The van der Waals surface area contributed by atoms with Crippen LogP contribution in [-0.2, 0) is 0 Å². The van der Waals surface area contributed by atoms with E-state index < -0.39 is 5.97 Å². The van der Waals surface area contributed by atoms with Crippen LogP contribution >= 0.6 is 0 Å². The molecule has 0 radical (unpaired) electrons. The number of nitrogens with one attached hydrogen (secondary N) is 2. The minimum absolute atomic E-state index is 0.0534. The third-order valence-corrected chi connectivity index (χ3v) is 2.99. The van der Waals surface area contributed by atoms with Crippen LogP contribution in [0.5, 0.6) is 0 Å². The smallest absolute Gasteiger partial charge is 0.337 e. The van der Waals surface area contributed by atoms with Crippen molar-refractivity contribution in [3.63, 3.8) is 0 Å². The van der Waals surface area contributed by atoms with Crippen molar-refractivity contribution in [1.82, 2.24) is 10.3 Å². The van der Waals surface area contributed by atoms with Crippen molar-refractivity contribution in [3.05, 3.63) is 29.1 Å². The van der Waals surface area contributed by atoms with E-state index >= 15 is 0 Å². The predicted octanol–water partition coefficient (Wildman–Crippen LogP) is 1.17. The van der Waals surface area contributed by atoms with E-state index in [-0.39, 0.29) is 6.04 Å². The molecule has 5 heteroatoms. The molecule has 1 aromatic heterocycles. The molecule has 2 aliphatic rings. The highest BCUT2D eigenvalue weighted by atomic mass is 16.4. The number of rotatable bonds is 1. The average molecular weight is 217 g/mol. The molecule has 1 aliphatic carbocycles. The molecule has 1 aliphatic heterocycles. The Morgan fingerprint density at radius 1 is 1.56 bits per heavy atom. The molecule has 0 saturated heterocycles. The molecule has 1 unspecified atom stereocenters. The summed E-state index contributed by atoms with van der Waals surface area (Å²) in [6.07, 6.45) is 6.25. The van der Waals surface area contributed by atoms with Crippen LogP contribution < -0.4 is 5.32 Å². The van der Waals surface area contributed by atoms with E-state index in [1.165, 1.54) is 0 Å². The summed E-state index contributed by atoms with van der Waals surface area (Å²) in [5.41, 5.74) is 3.00. The van der Waals surface area contributed by atoms with Gasteiger partial charge in [-0.15, -0.1) is 0 Å². The normalized spacial score (nSPS) is 22.2. The Hall–Kier alpha value is -1.88. The number of fused-ring (bicyclic) bond motifs is 3. The molecule has 82 valence electrons. The summed E-state index contributed by atoms with van der Waals surface area (Å²) in [6, 6.07) is -0.0534. The summed E-state index contributed by atoms with van der Waals surface area (Å²) in [6.45, 7) is 0.567. The molecule has 0 amide bonds. The maximum absolute atomic E-state index is 11.1. The molecule has 0 fully saturated rings. The fraction of sp³-hybridized carbons (Fsp3) is 0.273. The quantitative estimate of drug-likeness (QED) is 0.660. The number of carboxylic acid groups (broad SMARTS) is 1. The molecule has 0 aromatic carbocycles. The number of aliphatic imine (C=N–C) groups is 1. The van der Waals surface area contributed by atoms with Gasteiger partial charge in [-0.25, -0.2) is 4.79 Å². The van der Waals surface area contributed by atoms with Gasteiger partial charge in [-0.3, -0.25) is 10.3 Å². The Morgan fingerprint density at radius 3 is 3.25 bits per heavy atom. The molecule has 0 spiro atoms. The molecule has 1 atom stereocenters. The van der Waals surface area contributed by atoms with Gasteiger partial charge in [0.2, 0.25) is 0 Å². The van der Waals surface area contributed by atoms with E-state index in [0.717, 1.165) is 23.4 Å². The van der Waals surface area contributed by atoms with Gasteiger partial charge in [0.25, 0.3) is 0 Å². The van der Waals surface area contributed by atoms with Crippen LogP contribution in [-0.4, -0.2) is 28.4 Å². The predicted molar refractivity (Wildman–Crippen MR) is 59.6 cm³/mol. The highest BCUT2D eigenvalue weighted by Crippen LogP contribution is 2.30. The molecular weight excluding hydrogens is 206 g/mol. The Bertz CT molecular complexity index is 513. The lowest BCUT2D eigenvalue weighted by Gasteiger charge is -2.12. The van der Waals surface area contributed by atoms with Crippen molar-refractivity contribution in [3.8, 4) is 0 Å². The van der Waals surface area contributed by atoms with Crippen molar-refractivity contribution >= 4 is 17.8 Å². The van der Waals surface area contributed by atoms with Gasteiger partial charge in [-0.2, -0.15) is 0 Å². The van der Waals surface area contributed by atoms with Crippen molar-refractivity contribution < 1.29 is 9.90 Å². The molecule has 5 nitrogen and oxygen atoms in total. The third kappa shape index (κ3) is 1.22. The van der Waals surface area contributed by atoms with E-state index in [0.29, 0.717) is 12.2 Å². The largest absolute Gasteiger partial charge is 0.478 e. The lowest BCUT2D eigenvalue weighted by Crippen LogP contribution is -2.22. The number of hydrogen-bond acceptors (Lipinski definition) is 3. The van der Waals surface area contributed by atoms with Crippen molar-refractivity contribution in [2.75, 3.05) is 6.67 Å². The van der Waals surface area contributed by atoms with Crippen molar-refractivity contribution in [2.24, 2.45) is 4.99 Å². The van der Waals surface area contributed by atoms with Crippen LogP contribution in [0.4, 0.5) is 0 Å². The number of allylic oxidation sites excluding steroid dienone is 1. The van der Waals surface area contributed by atoms with E-state index in [2.05, 4.69) is 15.3 Å². The summed E-state index contributed by atoms with van der Waals surface area (Å²) < 4.78 is 0. The van der Waals surface area contributed by atoms with E-state index in [9.17, 15) is 4.79 Å². The van der Waals surface area contributed by atoms with Crippen LogP contribution in [0.25, 0.3) is 6.08 Å². The number of carboxylic acids is 1. The molecule has 1 aromatic rings. The van der Waals surface area contributed by atoms with Gasteiger partial charge < -0.3 is 10.1 Å². The zero-order chi connectivity index (χ0) is 11.1. The van der Waals surface area contributed by atoms with Gasteiger partial charge in [-0.05, 0) is 6.08 Å². The average Bonchev–Trinajstić information content (AvgIpc) is 2.82. The Kier molecular flexibility index (Phi) is 1.94. The van der Waals surface area contributed by atoms with Gasteiger partial charge in [0, 0.05) is 29.6 Å². The Morgan fingerprint density at radius 2 is 2.44 bits per heavy atom. The number of hydrogen-bond donors (Lipinski definition) is 3. The van der Waals surface area contributed by atoms with E-state index in [4.69, 9.17) is 5.11 Å². The first-order valence-corrected chi connectivity index (χ1v) is 5.15. The summed E-state index contributed by atoms with van der Waals surface area (Å²) in [4.78, 5) is 18.5. The molecular formula is C11H11N3O2. The second-order valence-corrected chi connectivity index (χ2v) is 3.89. The maximum atomic E-state index is 11.1. The molecule has 2 heterocycles. The maximum Gasteiger partial charge on any atom is 0.337 e. The van der Waals surface area contributed by atoms with Crippen LogP contribution in [0.1, 0.15) is 34.1 Å². The summed E-state index contributed by atoms with van der Waals surface area (Å²) in [5, 5.41) is 12.3. The fourth-order valence-electron chi connectivity index (χ4n) is 2.27. The lowest BCUT2D eigenvalue weighted by molar-refractivity contribution is 0.0695. The first-order chi connectivity index (χ1) is 7.77. The SMILES string of the molecule is O=C(O)c1c[nH]c2c1C1NCN=C1CC=C2. The van der Waals surface area contributed by atoms with Gasteiger partial charge in [-0.1, -0.05) is 6.08 Å². The lowest BCUT2D eigenvalue weighted by atomic mass is 9.99. The second kappa shape index (κ2) is 3.31. The van der Waals surface area contributed by atoms with Crippen LogP contribution in [0.3, 0.4) is 0 Å². The van der Waals surface area contributed by atoms with Gasteiger partial charge >= 0.3 is 5.97 Å². The zero-order valence-electron chi connectivity index (χ0n) is 8.53.